The van der Waals surface area contributed by atoms with Crippen molar-refractivity contribution in [2.45, 2.75) is 57.4 Å². The van der Waals surface area contributed by atoms with Crippen molar-refractivity contribution in [3.8, 4) is 6.07 Å². The van der Waals surface area contributed by atoms with Crippen LogP contribution in [0.3, 0.4) is 0 Å². The molecule has 35 heavy (non-hydrogen) atoms. The van der Waals surface area contributed by atoms with E-state index in [9.17, 15) is 15.2 Å². The van der Waals surface area contributed by atoms with Crippen molar-refractivity contribution in [2.24, 2.45) is 5.92 Å². The molecule has 0 bridgehead atoms. The number of imidazole rings is 1. The van der Waals surface area contributed by atoms with Crippen molar-refractivity contribution in [1.82, 2.24) is 19.9 Å². The second-order valence-corrected chi connectivity index (χ2v) is 9.96. The summed E-state index contributed by atoms with van der Waals surface area (Å²) in [6.45, 7) is 1.90. The second kappa shape index (κ2) is 10.0. The Bertz CT molecular complexity index is 1370. The number of rotatable bonds is 6. The summed E-state index contributed by atoms with van der Waals surface area (Å²) in [5, 5.41) is 25.0. The lowest BCUT2D eigenvalue weighted by Crippen LogP contribution is -2.44. The number of nitrogens with one attached hydrogen (secondary N) is 1. The van der Waals surface area contributed by atoms with Gasteiger partial charge in [-0.2, -0.15) is 5.26 Å². The monoisotopic (exact) mass is 489 g/mol. The van der Waals surface area contributed by atoms with Gasteiger partial charge in [0, 0.05) is 18.5 Å². The zero-order valence-electron chi connectivity index (χ0n) is 19.4. The first kappa shape index (κ1) is 23.3. The molecule has 1 amide bonds. The third-order valence-electron chi connectivity index (χ3n) is 6.72. The Kier molecular flexibility index (Phi) is 6.66. The number of aliphatic hydroxyl groups is 1. The largest absolute Gasteiger partial charge is 0.445 e. The number of carbonyl (C=O) groups excluding carboxylic acids is 1. The molecule has 1 aromatic carbocycles. The number of thiophene rings is 1. The maximum atomic E-state index is 12.7. The molecule has 1 fully saturated rings. The lowest BCUT2D eigenvalue weighted by molar-refractivity contribution is 0.120. The summed E-state index contributed by atoms with van der Waals surface area (Å²) in [6, 6.07) is 13.6. The molecule has 0 unspecified atom stereocenters. The van der Waals surface area contributed by atoms with Gasteiger partial charge < -0.3 is 19.7 Å². The van der Waals surface area contributed by atoms with E-state index in [0.717, 1.165) is 39.7 Å². The number of pyridine rings is 1. The number of aromatic nitrogens is 3. The number of amides is 1. The molecule has 0 radical (unpaired) electrons. The number of benzene rings is 1. The molecule has 4 aromatic rings. The highest BCUT2D eigenvalue weighted by molar-refractivity contribution is 7.18. The molecule has 3 heterocycles. The maximum Gasteiger partial charge on any atom is 0.407 e. The van der Waals surface area contributed by atoms with Crippen LogP contribution in [-0.4, -0.2) is 31.8 Å². The van der Waals surface area contributed by atoms with E-state index in [1.54, 1.807) is 24.5 Å². The molecule has 1 saturated carbocycles. The number of ether oxygens (including phenoxy) is 1. The second-order valence-electron chi connectivity index (χ2n) is 9.04. The van der Waals surface area contributed by atoms with Crippen LogP contribution >= 0.6 is 11.3 Å². The van der Waals surface area contributed by atoms with E-state index in [0.29, 0.717) is 18.7 Å². The van der Waals surface area contributed by atoms with Crippen molar-refractivity contribution in [1.29, 1.82) is 5.26 Å². The Morgan fingerprint density at radius 1 is 1.31 bits per heavy atom. The summed E-state index contributed by atoms with van der Waals surface area (Å²) in [5.41, 5.74) is 3.53. The zero-order valence-corrected chi connectivity index (χ0v) is 20.2. The van der Waals surface area contributed by atoms with Crippen LogP contribution < -0.4 is 5.32 Å². The Labute approximate surface area is 207 Å². The minimum atomic E-state index is -0.753. The van der Waals surface area contributed by atoms with Crippen molar-refractivity contribution in [2.75, 3.05) is 0 Å². The predicted octanol–water partition coefficient (Wildman–Crippen LogP) is 5.25. The molecule has 0 spiro atoms. The molecule has 3 aromatic heterocycles. The summed E-state index contributed by atoms with van der Waals surface area (Å²) in [6.07, 6.45) is 3.10. The molecule has 1 aliphatic carbocycles. The van der Waals surface area contributed by atoms with Crippen molar-refractivity contribution in [3.63, 3.8) is 0 Å². The fourth-order valence-electron chi connectivity index (χ4n) is 5.06. The van der Waals surface area contributed by atoms with Crippen LogP contribution in [-0.2, 0) is 11.3 Å². The Morgan fingerprint density at radius 2 is 2.14 bits per heavy atom. The van der Waals surface area contributed by atoms with Gasteiger partial charge in [0.1, 0.15) is 24.1 Å². The van der Waals surface area contributed by atoms with Crippen LogP contribution in [0.5, 0.6) is 0 Å². The number of nitriles is 1. The van der Waals surface area contributed by atoms with Gasteiger partial charge in [-0.3, -0.25) is 4.98 Å². The number of alkyl carbamates (subject to hydrolysis) is 1. The summed E-state index contributed by atoms with van der Waals surface area (Å²) >= 11 is 1.61. The molecular formula is C26H27N5O3S. The molecular weight excluding hydrogens is 462 g/mol. The molecule has 2 N–H and O–H groups in total. The SMILES string of the molecule is C[C@@H](O)c1nc2cnc3ccsc3c2n1[C@H]1CC[C@H](CC#N)[C@H](NC(=O)OCc2ccccc2)C1. The fraction of sp³-hybridized carbons (Fsp3) is 0.385. The van der Waals surface area contributed by atoms with Crippen LogP contribution in [0, 0.1) is 17.2 Å². The number of nitrogens with zero attached hydrogens (tertiary/aromatic N) is 4. The molecule has 1 aliphatic rings. The summed E-state index contributed by atoms with van der Waals surface area (Å²) in [5.74, 6) is 0.630. The predicted molar refractivity (Wildman–Crippen MR) is 134 cm³/mol. The van der Waals surface area contributed by atoms with Crippen LogP contribution in [0.15, 0.2) is 48.0 Å². The minimum absolute atomic E-state index is 0.00617. The summed E-state index contributed by atoms with van der Waals surface area (Å²) < 4.78 is 8.63. The zero-order chi connectivity index (χ0) is 24.4. The van der Waals surface area contributed by atoms with E-state index in [-0.39, 0.29) is 24.6 Å². The topological polar surface area (TPSA) is 113 Å². The number of aliphatic hydroxyl groups excluding tert-OH is 1. The van der Waals surface area contributed by atoms with E-state index < -0.39 is 12.2 Å². The summed E-state index contributed by atoms with van der Waals surface area (Å²) in [4.78, 5) is 21.9. The lowest BCUT2D eigenvalue weighted by atomic mass is 9.80. The highest BCUT2D eigenvalue weighted by Gasteiger charge is 2.35. The maximum absolute atomic E-state index is 12.7. The Balaban J connectivity index is 1.42. The molecule has 5 rings (SSSR count). The van der Waals surface area contributed by atoms with E-state index in [4.69, 9.17) is 9.72 Å². The average molecular weight is 490 g/mol. The highest BCUT2D eigenvalue weighted by Crippen LogP contribution is 2.40. The molecule has 9 heteroatoms. The fourth-order valence-corrected chi connectivity index (χ4v) is 5.95. The Morgan fingerprint density at radius 3 is 2.91 bits per heavy atom. The number of hydrogen-bond donors (Lipinski definition) is 2. The van der Waals surface area contributed by atoms with Gasteiger partial charge >= 0.3 is 6.09 Å². The third-order valence-corrected chi connectivity index (χ3v) is 7.64. The Hall–Kier alpha value is -3.48. The first-order valence-electron chi connectivity index (χ1n) is 11.8. The number of fused-ring (bicyclic) bond motifs is 3. The van der Waals surface area contributed by atoms with Gasteiger partial charge in [0.2, 0.25) is 0 Å². The smallest absolute Gasteiger partial charge is 0.407 e. The standard InChI is InChI=1S/C26H27N5O3S/c1-16(32)25-29-22-14-28-20-10-12-35-24(20)23(22)31(25)19-8-7-18(9-11-27)21(13-19)30-26(33)34-15-17-5-3-2-4-6-17/h2-6,10,12,14,16,18-19,21,32H,7-9,13,15H2,1H3,(H,30,33)/t16-,18-,19+,21-/m1/s1. The minimum Gasteiger partial charge on any atom is -0.445 e. The molecule has 0 saturated heterocycles. The van der Waals surface area contributed by atoms with Gasteiger partial charge in [-0.25, -0.2) is 9.78 Å². The first-order valence-corrected chi connectivity index (χ1v) is 12.7. The quantitative estimate of drug-likeness (QED) is 0.382. The van der Waals surface area contributed by atoms with Gasteiger partial charge in [0.05, 0.1) is 28.0 Å². The normalized spacial score (nSPS) is 21.0. The van der Waals surface area contributed by atoms with E-state index in [1.165, 1.54) is 0 Å². The van der Waals surface area contributed by atoms with Gasteiger partial charge in [-0.1, -0.05) is 30.3 Å². The lowest BCUT2D eigenvalue weighted by Gasteiger charge is -2.37. The molecule has 0 aliphatic heterocycles. The van der Waals surface area contributed by atoms with Crippen molar-refractivity contribution in [3.05, 3.63) is 59.4 Å². The van der Waals surface area contributed by atoms with Crippen molar-refractivity contribution >= 4 is 38.7 Å². The van der Waals surface area contributed by atoms with Crippen LogP contribution in [0.25, 0.3) is 21.3 Å². The van der Waals surface area contributed by atoms with Gasteiger partial charge in [-0.05, 0) is 49.1 Å². The van der Waals surface area contributed by atoms with Gasteiger partial charge in [0.15, 0.2) is 0 Å². The highest BCUT2D eigenvalue weighted by atomic mass is 32.1. The summed E-state index contributed by atoms with van der Waals surface area (Å²) in [7, 11) is 0. The van der Waals surface area contributed by atoms with Gasteiger partial charge in [-0.15, -0.1) is 11.3 Å². The van der Waals surface area contributed by atoms with Crippen LogP contribution in [0.1, 0.15) is 56.1 Å². The van der Waals surface area contributed by atoms with E-state index in [2.05, 4.69) is 20.9 Å². The van der Waals surface area contributed by atoms with E-state index >= 15 is 0 Å². The molecule has 180 valence electrons. The average Bonchev–Trinajstić information content (AvgIpc) is 3.49. The van der Waals surface area contributed by atoms with E-state index in [1.807, 2.05) is 41.8 Å². The molecule has 4 atom stereocenters. The van der Waals surface area contributed by atoms with Crippen LogP contribution in [0.4, 0.5) is 4.79 Å². The number of carbonyl (C=O) groups is 1. The van der Waals surface area contributed by atoms with Crippen LogP contribution in [0.2, 0.25) is 0 Å². The van der Waals surface area contributed by atoms with Crippen molar-refractivity contribution < 1.29 is 14.6 Å². The van der Waals surface area contributed by atoms with Gasteiger partial charge in [0.25, 0.3) is 0 Å². The molecule has 8 nitrogen and oxygen atoms in total. The number of hydrogen-bond acceptors (Lipinski definition) is 7. The first-order chi connectivity index (χ1) is 17.0. The third kappa shape index (κ3) is 4.72.